The van der Waals surface area contributed by atoms with Crippen molar-refractivity contribution in [3.8, 4) is 0 Å². The number of rotatable bonds is 3. The Morgan fingerprint density at radius 3 is 2.82 bits per heavy atom. The van der Waals surface area contributed by atoms with Crippen molar-refractivity contribution in [3.63, 3.8) is 0 Å². The molecule has 2 heterocycles. The quantitative estimate of drug-likeness (QED) is 0.754. The summed E-state index contributed by atoms with van der Waals surface area (Å²) in [6, 6.07) is 0. The van der Waals surface area contributed by atoms with Crippen molar-refractivity contribution >= 4 is 5.97 Å². The van der Waals surface area contributed by atoms with Crippen LogP contribution in [-0.4, -0.2) is 38.9 Å². The summed E-state index contributed by atoms with van der Waals surface area (Å²) in [7, 11) is 0. The smallest absolute Gasteiger partial charge is 0.311 e. The molecule has 2 aliphatic rings. The van der Waals surface area contributed by atoms with E-state index in [2.05, 4.69) is 5.32 Å². The molecular formula is C13H23NO3. The van der Waals surface area contributed by atoms with Gasteiger partial charge in [0, 0.05) is 6.61 Å². The fourth-order valence-electron chi connectivity index (χ4n) is 3.08. The molecule has 1 N–H and O–H groups in total. The third-order valence-electron chi connectivity index (χ3n) is 3.99. The normalized spacial score (nSPS) is 31.1. The number of esters is 1. The summed E-state index contributed by atoms with van der Waals surface area (Å²) in [5.74, 6) is 1.03. The van der Waals surface area contributed by atoms with Crippen molar-refractivity contribution in [1.82, 2.24) is 5.32 Å². The summed E-state index contributed by atoms with van der Waals surface area (Å²) in [4.78, 5) is 11.9. The highest BCUT2D eigenvalue weighted by molar-refractivity contribution is 5.73. The average molecular weight is 241 g/mol. The molecule has 2 atom stereocenters. The Kier molecular flexibility index (Phi) is 4.80. The molecule has 0 unspecified atom stereocenters. The minimum Gasteiger partial charge on any atom is -0.466 e. The fraction of sp³-hybridized carbons (Fsp3) is 0.923. The molecule has 0 radical (unpaired) electrons. The summed E-state index contributed by atoms with van der Waals surface area (Å²) in [5, 5.41) is 3.38. The first-order chi connectivity index (χ1) is 8.33. The number of carbonyl (C=O) groups excluding carboxylic acids is 1. The minimum atomic E-state index is -0.0595. The highest BCUT2D eigenvalue weighted by atomic mass is 16.5. The topological polar surface area (TPSA) is 47.6 Å². The van der Waals surface area contributed by atoms with Gasteiger partial charge in [0.2, 0.25) is 0 Å². The summed E-state index contributed by atoms with van der Waals surface area (Å²) >= 11 is 0. The van der Waals surface area contributed by atoms with Gasteiger partial charge in [-0.05, 0) is 51.1 Å². The molecule has 0 aromatic heterocycles. The molecule has 4 heteroatoms. The molecule has 0 aromatic carbocycles. The van der Waals surface area contributed by atoms with Crippen LogP contribution < -0.4 is 5.32 Å². The second-order valence-electron chi connectivity index (χ2n) is 4.97. The van der Waals surface area contributed by atoms with Crippen LogP contribution in [0.4, 0.5) is 0 Å². The Balaban J connectivity index is 1.97. The number of carbonyl (C=O) groups is 1. The van der Waals surface area contributed by atoms with Crippen LogP contribution in [0.2, 0.25) is 0 Å². The molecule has 2 fully saturated rings. The van der Waals surface area contributed by atoms with E-state index in [4.69, 9.17) is 9.47 Å². The molecule has 98 valence electrons. The van der Waals surface area contributed by atoms with Crippen LogP contribution >= 0.6 is 0 Å². The van der Waals surface area contributed by atoms with Crippen molar-refractivity contribution in [2.24, 2.45) is 17.8 Å². The molecule has 0 aromatic rings. The van der Waals surface area contributed by atoms with Gasteiger partial charge in [-0.2, -0.15) is 0 Å². The van der Waals surface area contributed by atoms with E-state index in [-0.39, 0.29) is 11.9 Å². The Morgan fingerprint density at radius 1 is 1.35 bits per heavy atom. The monoisotopic (exact) mass is 241 g/mol. The van der Waals surface area contributed by atoms with Crippen LogP contribution in [0, 0.1) is 17.8 Å². The fourth-order valence-corrected chi connectivity index (χ4v) is 3.08. The Morgan fingerprint density at radius 2 is 2.12 bits per heavy atom. The van der Waals surface area contributed by atoms with E-state index >= 15 is 0 Å². The van der Waals surface area contributed by atoms with Gasteiger partial charge in [0.05, 0.1) is 19.1 Å². The van der Waals surface area contributed by atoms with Crippen LogP contribution in [0.25, 0.3) is 0 Å². The summed E-state index contributed by atoms with van der Waals surface area (Å²) in [5.41, 5.74) is 0. The van der Waals surface area contributed by atoms with Crippen LogP contribution in [0.15, 0.2) is 0 Å². The maximum Gasteiger partial charge on any atom is 0.311 e. The molecule has 2 saturated heterocycles. The SMILES string of the molecule is CCOC(=O)[C@@H]1COCC[C@@H]1C1CCNCC1. The maximum atomic E-state index is 11.9. The lowest BCUT2D eigenvalue weighted by Crippen LogP contribution is -2.42. The largest absolute Gasteiger partial charge is 0.466 e. The summed E-state index contributed by atoms with van der Waals surface area (Å²) < 4.78 is 10.6. The molecule has 2 aliphatic heterocycles. The molecule has 2 rings (SSSR count). The zero-order valence-corrected chi connectivity index (χ0v) is 10.6. The first kappa shape index (κ1) is 12.8. The van der Waals surface area contributed by atoms with Gasteiger partial charge in [-0.15, -0.1) is 0 Å². The van der Waals surface area contributed by atoms with Gasteiger partial charge < -0.3 is 14.8 Å². The third kappa shape index (κ3) is 3.19. The highest BCUT2D eigenvalue weighted by Gasteiger charge is 2.37. The molecule has 0 amide bonds. The van der Waals surface area contributed by atoms with E-state index in [9.17, 15) is 4.79 Å². The second-order valence-corrected chi connectivity index (χ2v) is 4.97. The molecular weight excluding hydrogens is 218 g/mol. The van der Waals surface area contributed by atoms with Gasteiger partial charge in [-0.1, -0.05) is 0 Å². The molecule has 0 spiro atoms. The third-order valence-corrected chi connectivity index (χ3v) is 3.99. The standard InChI is InChI=1S/C13H23NO3/c1-2-17-13(15)12-9-16-8-5-11(12)10-3-6-14-7-4-10/h10-12,14H,2-9H2,1H3/t11-,12-/m1/s1. The predicted molar refractivity (Wildman–Crippen MR) is 64.6 cm³/mol. The second kappa shape index (κ2) is 6.36. The van der Waals surface area contributed by atoms with Crippen molar-refractivity contribution in [3.05, 3.63) is 0 Å². The van der Waals surface area contributed by atoms with Crippen molar-refractivity contribution in [1.29, 1.82) is 0 Å². The number of hydrogen-bond acceptors (Lipinski definition) is 4. The van der Waals surface area contributed by atoms with E-state index < -0.39 is 0 Å². The van der Waals surface area contributed by atoms with E-state index in [1.165, 1.54) is 12.8 Å². The van der Waals surface area contributed by atoms with Gasteiger partial charge in [-0.25, -0.2) is 0 Å². The molecule has 4 nitrogen and oxygen atoms in total. The number of piperidine rings is 1. The average Bonchev–Trinajstić information content (AvgIpc) is 2.40. The number of hydrogen-bond donors (Lipinski definition) is 1. The Bertz CT molecular complexity index is 251. The van der Waals surface area contributed by atoms with Crippen LogP contribution in [0.5, 0.6) is 0 Å². The lowest BCUT2D eigenvalue weighted by molar-refractivity contribution is -0.157. The predicted octanol–water partition coefficient (Wildman–Crippen LogP) is 1.20. The van der Waals surface area contributed by atoms with E-state index in [0.29, 0.717) is 25.0 Å². The van der Waals surface area contributed by atoms with Gasteiger partial charge in [0.1, 0.15) is 0 Å². The van der Waals surface area contributed by atoms with Gasteiger partial charge in [-0.3, -0.25) is 4.79 Å². The number of ether oxygens (including phenoxy) is 2. The molecule has 0 saturated carbocycles. The van der Waals surface area contributed by atoms with Crippen LogP contribution in [-0.2, 0) is 14.3 Å². The molecule has 0 bridgehead atoms. The number of nitrogens with one attached hydrogen (secondary N) is 1. The first-order valence-electron chi connectivity index (χ1n) is 6.78. The highest BCUT2D eigenvalue weighted by Crippen LogP contribution is 2.34. The van der Waals surface area contributed by atoms with Gasteiger partial charge >= 0.3 is 5.97 Å². The van der Waals surface area contributed by atoms with Gasteiger partial charge in [0.25, 0.3) is 0 Å². The van der Waals surface area contributed by atoms with Crippen LogP contribution in [0.3, 0.4) is 0 Å². The van der Waals surface area contributed by atoms with E-state index in [0.717, 1.165) is 26.1 Å². The lowest BCUT2D eigenvalue weighted by Gasteiger charge is -2.37. The van der Waals surface area contributed by atoms with Crippen molar-refractivity contribution in [2.45, 2.75) is 26.2 Å². The lowest BCUT2D eigenvalue weighted by atomic mass is 9.74. The summed E-state index contributed by atoms with van der Waals surface area (Å²) in [6.07, 6.45) is 3.37. The molecule has 0 aliphatic carbocycles. The first-order valence-corrected chi connectivity index (χ1v) is 6.78. The van der Waals surface area contributed by atoms with Crippen LogP contribution in [0.1, 0.15) is 26.2 Å². The van der Waals surface area contributed by atoms with Crippen molar-refractivity contribution in [2.75, 3.05) is 32.9 Å². The van der Waals surface area contributed by atoms with E-state index in [1.807, 2.05) is 6.92 Å². The minimum absolute atomic E-state index is 0.0354. The zero-order chi connectivity index (χ0) is 12.1. The van der Waals surface area contributed by atoms with Gasteiger partial charge in [0.15, 0.2) is 0 Å². The maximum absolute atomic E-state index is 11.9. The van der Waals surface area contributed by atoms with E-state index in [1.54, 1.807) is 0 Å². The molecule has 17 heavy (non-hydrogen) atoms. The van der Waals surface area contributed by atoms with Crippen molar-refractivity contribution < 1.29 is 14.3 Å². The Hall–Kier alpha value is -0.610. The zero-order valence-electron chi connectivity index (χ0n) is 10.6. The Labute approximate surface area is 103 Å². The summed E-state index contributed by atoms with van der Waals surface area (Å²) in [6.45, 7) is 5.84.